The van der Waals surface area contributed by atoms with Gasteiger partial charge >= 0.3 is 0 Å². The number of allylic oxidation sites excluding steroid dienone is 5. The highest BCUT2D eigenvalue weighted by Crippen LogP contribution is 2.50. The number of nitrogens with zero attached hydrogens (tertiary/aromatic N) is 1. The first-order chi connectivity index (χ1) is 21.4. The van der Waals surface area contributed by atoms with Gasteiger partial charge in [-0.05, 0) is 79.5 Å². The number of benzene rings is 2. The number of nitrogens with two attached hydrogens (primary N) is 1. The van der Waals surface area contributed by atoms with Gasteiger partial charge in [0.25, 0.3) is 0 Å². The first kappa shape index (κ1) is 38.4. The zero-order chi connectivity index (χ0) is 33.7. The van der Waals surface area contributed by atoms with E-state index in [0.29, 0.717) is 0 Å². The standard InChI is InChI=1S/C34H36N2.4C2H6/c1-8-15-20(5)23(9-2)29-22(7)30(25-17-13-12-16-21(25)6)31-24(10-3)28(11-4)36-33-26(32(29)34(31)36)18-14-19-27(33)35;4*1-2/h8-10,12-18,27H,2-3,11,19,35H2,1,4-7H3;4*1-2H3/b15-8-,23-20+;;;;. The molecular weight excluding hydrogens is 532 g/mol. The van der Waals surface area contributed by atoms with E-state index in [2.05, 4.69) is 101 Å². The lowest BCUT2D eigenvalue weighted by atomic mass is 9.82. The van der Waals surface area contributed by atoms with Crippen LogP contribution in [0.3, 0.4) is 0 Å². The van der Waals surface area contributed by atoms with E-state index in [1.807, 2.05) is 67.5 Å². The van der Waals surface area contributed by atoms with Crippen molar-refractivity contribution in [1.82, 2.24) is 4.40 Å². The minimum atomic E-state index is -0.0428. The van der Waals surface area contributed by atoms with Crippen LogP contribution in [0.5, 0.6) is 0 Å². The van der Waals surface area contributed by atoms with Crippen LogP contribution in [0.1, 0.15) is 128 Å². The summed E-state index contributed by atoms with van der Waals surface area (Å²) in [5, 5.41) is 2.57. The van der Waals surface area contributed by atoms with Crippen LogP contribution in [0.25, 0.3) is 45.1 Å². The van der Waals surface area contributed by atoms with Gasteiger partial charge < -0.3 is 10.1 Å². The van der Waals surface area contributed by atoms with Gasteiger partial charge in [-0.2, -0.15) is 0 Å². The van der Waals surface area contributed by atoms with Gasteiger partial charge in [0.2, 0.25) is 0 Å². The van der Waals surface area contributed by atoms with E-state index >= 15 is 0 Å². The molecule has 5 rings (SSSR count). The number of hydrogen-bond acceptors (Lipinski definition) is 1. The lowest BCUT2D eigenvalue weighted by Gasteiger charge is -2.21. The van der Waals surface area contributed by atoms with E-state index in [0.717, 1.165) is 12.8 Å². The fraction of sp³-hybridized carbons (Fsp3) is 0.381. The van der Waals surface area contributed by atoms with E-state index in [1.54, 1.807) is 0 Å². The summed E-state index contributed by atoms with van der Waals surface area (Å²) in [6.45, 7) is 35.5. The molecule has 2 heteroatoms. The molecule has 2 aromatic heterocycles. The zero-order valence-electron chi connectivity index (χ0n) is 30.2. The minimum Gasteiger partial charge on any atom is -0.322 e. The summed E-state index contributed by atoms with van der Waals surface area (Å²) >= 11 is 0. The van der Waals surface area contributed by atoms with Gasteiger partial charge in [0, 0.05) is 39.3 Å². The molecule has 44 heavy (non-hydrogen) atoms. The largest absolute Gasteiger partial charge is 0.322 e. The molecule has 0 radical (unpaired) electrons. The second-order valence-corrected chi connectivity index (χ2v) is 9.89. The van der Waals surface area contributed by atoms with Crippen molar-refractivity contribution in [1.29, 1.82) is 0 Å². The Balaban J connectivity index is 0.00000112. The van der Waals surface area contributed by atoms with Gasteiger partial charge in [0.15, 0.2) is 0 Å². The number of fused-ring (bicyclic) bond motifs is 3. The van der Waals surface area contributed by atoms with Crippen molar-refractivity contribution < 1.29 is 0 Å². The maximum Gasteiger partial charge on any atom is 0.0627 e. The first-order valence-electron chi connectivity index (χ1n) is 17.0. The lowest BCUT2D eigenvalue weighted by Crippen LogP contribution is -2.16. The van der Waals surface area contributed by atoms with E-state index in [4.69, 9.17) is 5.73 Å². The minimum absolute atomic E-state index is 0.0428. The molecule has 238 valence electrons. The SMILES string of the molecule is C=C/C(=C(C)\C=C/C)c1c(C)c(-c2ccccc2C)c2c(C=C)c(CC)n3c4c(c1c23)C=CCC4N.CC.CC.CC.CC. The van der Waals surface area contributed by atoms with Crippen LogP contribution in [0, 0.1) is 13.8 Å². The number of aryl methyl sites for hydroxylation is 2. The highest BCUT2D eigenvalue weighted by Gasteiger charge is 2.32. The molecule has 2 nitrogen and oxygen atoms in total. The zero-order valence-corrected chi connectivity index (χ0v) is 30.2. The topological polar surface area (TPSA) is 30.4 Å². The van der Waals surface area contributed by atoms with E-state index in [9.17, 15) is 0 Å². The van der Waals surface area contributed by atoms with E-state index < -0.39 is 0 Å². The van der Waals surface area contributed by atoms with Crippen LogP contribution in [0.4, 0.5) is 0 Å². The second-order valence-electron chi connectivity index (χ2n) is 9.89. The molecule has 1 unspecified atom stereocenters. The molecule has 0 saturated carbocycles. The Kier molecular flexibility index (Phi) is 15.9. The van der Waals surface area contributed by atoms with Crippen LogP contribution < -0.4 is 5.73 Å². The normalized spacial score (nSPS) is 13.8. The molecule has 4 aromatic rings. The molecule has 1 aliphatic rings. The van der Waals surface area contributed by atoms with Gasteiger partial charge in [-0.25, -0.2) is 0 Å². The smallest absolute Gasteiger partial charge is 0.0627 e. The van der Waals surface area contributed by atoms with Crippen molar-refractivity contribution in [3.63, 3.8) is 0 Å². The second kappa shape index (κ2) is 18.2. The summed E-state index contributed by atoms with van der Waals surface area (Å²) in [7, 11) is 0. The third-order valence-electron chi connectivity index (χ3n) is 7.88. The van der Waals surface area contributed by atoms with Crippen LogP contribution in [-0.2, 0) is 6.42 Å². The van der Waals surface area contributed by atoms with Gasteiger partial charge in [-0.15, -0.1) is 0 Å². The third kappa shape index (κ3) is 6.57. The van der Waals surface area contributed by atoms with Crippen molar-refractivity contribution in [2.75, 3.05) is 0 Å². The molecule has 0 amide bonds. The average molecular weight is 593 g/mol. The van der Waals surface area contributed by atoms with Gasteiger partial charge in [0.05, 0.1) is 5.52 Å². The molecule has 0 aliphatic heterocycles. The predicted molar refractivity (Wildman–Crippen MR) is 204 cm³/mol. The number of rotatable bonds is 6. The van der Waals surface area contributed by atoms with Crippen molar-refractivity contribution >= 4 is 34.0 Å². The van der Waals surface area contributed by atoms with Crippen molar-refractivity contribution in [2.24, 2.45) is 5.73 Å². The summed E-state index contributed by atoms with van der Waals surface area (Å²) in [6.07, 6.45) is 14.6. The maximum atomic E-state index is 6.83. The molecule has 0 fully saturated rings. The Bertz CT molecular complexity index is 1620. The summed E-state index contributed by atoms with van der Waals surface area (Å²) in [5.41, 5.74) is 21.8. The van der Waals surface area contributed by atoms with Crippen LogP contribution in [-0.4, -0.2) is 4.40 Å². The van der Waals surface area contributed by atoms with Gasteiger partial charge in [-0.3, -0.25) is 0 Å². The molecule has 1 atom stereocenters. The molecule has 2 aromatic carbocycles. The Hall–Kier alpha value is -3.62. The molecular formula is C42H60N2. The quantitative estimate of drug-likeness (QED) is 0.222. The Morgan fingerprint density at radius 1 is 0.977 bits per heavy atom. The molecule has 0 bridgehead atoms. The highest BCUT2D eigenvalue weighted by atomic mass is 15.0. The van der Waals surface area contributed by atoms with Crippen molar-refractivity contribution in [3.8, 4) is 11.1 Å². The molecule has 1 aliphatic carbocycles. The number of aromatic nitrogens is 1. The van der Waals surface area contributed by atoms with Gasteiger partial charge in [-0.1, -0.05) is 136 Å². The Morgan fingerprint density at radius 3 is 2.11 bits per heavy atom. The van der Waals surface area contributed by atoms with Crippen LogP contribution in [0.2, 0.25) is 0 Å². The lowest BCUT2D eigenvalue weighted by molar-refractivity contribution is 0.691. The maximum absolute atomic E-state index is 6.83. The summed E-state index contributed by atoms with van der Waals surface area (Å²) in [4.78, 5) is 0. The highest BCUT2D eigenvalue weighted by molar-refractivity contribution is 6.19. The van der Waals surface area contributed by atoms with Crippen LogP contribution in [0.15, 0.2) is 67.3 Å². The van der Waals surface area contributed by atoms with Gasteiger partial charge in [0.1, 0.15) is 0 Å². The van der Waals surface area contributed by atoms with E-state index in [1.165, 1.54) is 77.8 Å². The fourth-order valence-electron chi connectivity index (χ4n) is 6.40. The first-order valence-corrected chi connectivity index (χ1v) is 17.0. The molecule has 0 saturated heterocycles. The summed E-state index contributed by atoms with van der Waals surface area (Å²) in [6, 6.07) is 8.67. The fourth-order valence-corrected chi connectivity index (χ4v) is 6.40. The summed E-state index contributed by atoms with van der Waals surface area (Å²) in [5.74, 6) is 0. The third-order valence-corrected chi connectivity index (χ3v) is 7.88. The Labute approximate surface area is 270 Å². The number of hydrogen-bond donors (Lipinski definition) is 1. The molecule has 0 spiro atoms. The predicted octanol–water partition coefficient (Wildman–Crippen LogP) is 13.1. The van der Waals surface area contributed by atoms with Crippen molar-refractivity contribution in [2.45, 2.75) is 109 Å². The van der Waals surface area contributed by atoms with Crippen LogP contribution >= 0.6 is 0 Å². The molecule has 2 N–H and O–H groups in total. The average Bonchev–Trinajstić information content (AvgIpc) is 3.58. The summed E-state index contributed by atoms with van der Waals surface area (Å²) < 4.78 is 2.47. The molecule has 2 heterocycles. The Morgan fingerprint density at radius 2 is 1.59 bits per heavy atom. The van der Waals surface area contributed by atoms with Crippen molar-refractivity contribution in [3.05, 3.63) is 107 Å². The monoisotopic (exact) mass is 592 g/mol. The van der Waals surface area contributed by atoms with E-state index in [-0.39, 0.29) is 6.04 Å².